The van der Waals surface area contributed by atoms with Crippen LogP contribution in [-0.4, -0.2) is 4.98 Å². The molecule has 0 aliphatic rings. The van der Waals surface area contributed by atoms with E-state index in [1.807, 2.05) is 24.5 Å². The largest absolute Gasteiger partial charge is 0.265 e. The van der Waals surface area contributed by atoms with E-state index >= 15 is 0 Å². The summed E-state index contributed by atoms with van der Waals surface area (Å²) in [5.41, 5.74) is 1.22. The van der Waals surface area contributed by atoms with E-state index < -0.39 is 0 Å². The molecule has 60 valence electrons. The van der Waals surface area contributed by atoms with Crippen molar-refractivity contribution < 1.29 is 0 Å². The minimum absolute atomic E-state index is 1.14. The molecule has 12 heavy (non-hydrogen) atoms. The van der Waals surface area contributed by atoms with Crippen LogP contribution in [0.2, 0.25) is 0 Å². The Morgan fingerprint density at radius 3 is 2.58 bits per heavy atom. The topological polar surface area (TPSA) is 12.9 Å². The van der Waals surface area contributed by atoms with Crippen LogP contribution in [0.15, 0.2) is 40.4 Å². The summed E-state index contributed by atoms with van der Waals surface area (Å²) in [5, 5.41) is 2.08. The Morgan fingerprint density at radius 1 is 1.25 bits per heavy atom. The van der Waals surface area contributed by atoms with Crippen LogP contribution >= 0.6 is 27.3 Å². The summed E-state index contributed by atoms with van der Waals surface area (Å²) in [7, 11) is 0. The molecule has 0 fully saturated rings. The lowest BCUT2D eigenvalue weighted by Crippen LogP contribution is -1.71. The maximum absolute atomic E-state index is 3.97. The quantitative estimate of drug-likeness (QED) is 0.742. The molecule has 0 bridgehead atoms. The summed E-state index contributed by atoms with van der Waals surface area (Å²) in [4.78, 5) is 5.24. The Bertz CT molecular complexity index is 369. The van der Waals surface area contributed by atoms with E-state index in [4.69, 9.17) is 0 Å². The fourth-order valence-electron chi connectivity index (χ4n) is 0.981. The number of hydrogen-bond acceptors (Lipinski definition) is 2. The molecular formula is C9H6BrNS. The first kappa shape index (κ1) is 7.95. The highest BCUT2D eigenvalue weighted by atomic mass is 79.9. The first-order valence-corrected chi connectivity index (χ1v) is 5.18. The van der Waals surface area contributed by atoms with E-state index in [0.717, 1.165) is 4.47 Å². The Hall–Kier alpha value is -0.670. The van der Waals surface area contributed by atoms with Gasteiger partial charge in [0.2, 0.25) is 0 Å². The molecule has 0 spiro atoms. The Morgan fingerprint density at radius 2 is 2.00 bits per heavy atom. The highest BCUT2D eigenvalue weighted by Gasteiger charge is 1.98. The first-order valence-electron chi connectivity index (χ1n) is 3.51. The van der Waals surface area contributed by atoms with Gasteiger partial charge in [-0.1, -0.05) is 0 Å². The summed E-state index contributed by atoms with van der Waals surface area (Å²) in [6, 6.07) is 6.14. The van der Waals surface area contributed by atoms with Gasteiger partial charge in [-0.15, -0.1) is 11.3 Å². The van der Waals surface area contributed by atoms with Gasteiger partial charge in [-0.25, -0.2) is 0 Å². The van der Waals surface area contributed by atoms with Crippen LogP contribution in [0.1, 0.15) is 0 Å². The van der Waals surface area contributed by atoms with Gasteiger partial charge in [0.15, 0.2) is 0 Å². The van der Waals surface area contributed by atoms with Crippen LogP contribution in [-0.2, 0) is 0 Å². The van der Waals surface area contributed by atoms with Crippen LogP contribution in [0.4, 0.5) is 0 Å². The fraction of sp³-hybridized carbons (Fsp3) is 0. The second kappa shape index (κ2) is 3.37. The SMILES string of the molecule is Brc1csc(-c2ccncc2)c1. The van der Waals surface area contributed by atoms with Gasteiger partial charge in [0.05, 0.1) is 0 Å². The molecule has 0 amide bonds. The third-order valence-electron chi connectivity index (χ3n) is 1.53. The second-order valence-electron chi connectivity index (χ2n) is 2.37. The molecule has 0 saturated carbocycles. The van der Waals surface area contributed by atoms with Crippen LogP contribution in [0.3, 0.4) is 0 Å². The summed E-state index contributed by atoms with van der Waals surface area (Å²) < 4.78 is 1.14. The van der Waals surface area contributed by atoms with Crippen molar-refractivity contribution in [3.05, 3.63) is 40.4 Å². The Balaban J connectivity index is 2.45. The molecule has 2 heterocycles. The maximum Gasteiger partial charge on any atom is 0.0355 e. The highest BCUT2D eigenvalue weighted by molar-refractivity contribution is 9.10. The number of thiophene rings is 1. The molecule has 2 aromatic rings. The molecule has 0 N–H and O–H groups in total. The number of halogens is 1. The minimum atomic E-state index is 1.14. The van der Waals surface area contributed by atoms with Crippen LogP contribution < -0.4 is 0 Å². The van der Waals surface area contributed by atoms with Crippen LogP contribution in [0.25, 0.3) is 10.4 Å². The molecule has 0 unspecified atom stereocenters. The van der Waals surface area contributed by atoms with Gasteiger partial charge in [-0.3, -0.25) is 4.98 Å². The Labute approximate surface area is 83.2 Å². The monoisotopic (exact) mass is 239 g/mol. The van der Waals surface area contributed by atoms with Crippen molar-refractivity contribution in [3.63, 3.8) is 0 Å². The third-order valence-corrected chi connectivity index (χ3v) is 3.27. The molecule has 0 aliphatic heterocycles. The van der Waals surface area contributed by atoms with Crippen molar-refractivity contribution in [2.75, 3.05) is 0 Å². The van der Waals surface area contributed by atoms with Crippen molar-refractivity contribution in [1.82, 2.24) is 4.98 Å². The standard InChI is InChI=1S/C9H6BrNS/c10-8-5-9(12-6-8)7-1-3-11-4-2-7/h1-6H. The maximum atomic E-state index is 3.97. The van der Waals surface area contributed by atoms with Crippen LogP contribution in [0.5, 0.6) is 0 Å². The lowest BCUT2D eigenvalue weighted by atomic mass is 10.2. The smallest absolute Gasteiger partial charge is 0.0355 e. The zero-order valence-corrected chi connectivity index (χ0v) is 8.60. The molecule has 0 radical (unpaired) electrons. The van der Waals surface area contributed by atoms with Gasteiger partial charge in [0.25, 0.3) is 0 Å². The number of rotatable bonds is 1. The first-order chi connectivity index (χ1) is 5.86. The predicted molar refractivity (Wildman–Crippen MR) is 55.3 cm³/mol. The normalized spacial score (nSPS) is 10.1. The number of nitrogens with zero attached hydrogens (tertiary/aromatic N) is 1. The van der Waals surface area contributed by atoms with E-state index in [9.17, 15) is 0 Å². The average molecular weight is 240 g/mol. The van der Waals surface area contributed by atoms with E-state index in [1.165, 1.54) is 10.4 Å². The van der Waals surface area contributed by atoms with Crippen LogP contribution in [0, 0.1) is 0 Å². The summed E-state index contributed by atoms with van der Waals surface area (Å²) in [5.74, 6) is 0. The zero-order valence-electron chi connectivity index (χ0n) is 6.20. The van der Waals surface area contributed by atoms with E-state index in [0.29, 0.717) is 0 Å². The summed E-state index contributed by atoms with van der Waals surface area (Å²) >= 11 is 5.15. The lowest BCUT2D eigenvalue weighted by molar-refractivity contribution is 1.33. The highest BCUT2D eigenvalue weighted by Crippen LogP contribution is 2.28. The van der Waals surface area contributed by atoms with Crippen molar-refractivity contribution in [3.8, 4) is 10.4 Å². The predicted octanol–water partition coefficient (Wildman–Crippen LogP) is 3.57. The summed E-state index contributed by atoms with van der Waals surface area (Å²) in [6.07, 6.45) is 3.62. The number of hydrogen-bond donors (Lipinski definition) is 0. The van der Waals surface area contributed by atoms with Gasteiger partial charge >= 0.3 is 0 Å². The third kappa shape index (κ3) is 1.57. The molecule has 3 heteroatoms. The van der Waals surface area contributed by atoms with Gasteiger partial charge in [0, 0.05) is 27.1 Å². The molecule has 0 aromatic carbocycles. The number of aromatic nitrogens is 1. The van der Waals surface area contributed by atoms with Crippen molar-refractivity contribution in [2.45, 2.75) is 0 Å². The second-order valence-corrected chi connectivity index (χ2v) is 4.19. The van der Waals surface area contributed by atoms with Crippen molar-refractivity contribution in [2.24, 2.45) is 0 Å². The van der Waals surface area contributed by atoms with Crippen molar-refractivity contribution >= 4 is 27.3 Å². The molecule has 1 nitrogen and oxygen atoms in total. The molecule has 2 rings (SSSR count). The Kier molecular flexibility index (Phi) is 2.23. The van der Waals surface area contributed by atoms with E-state index in [2.05, 4.69) is 32.4 Å². The molecule has 0 atom stereocenters. The number of pyridine rings is 1. The van der Waals surface area contributed by atoms with Gasteiger partial charge in [0.1, 0.15) is 0 Å². The van der Waals surface area contributed by atoms with E-state index in [-0.39, 0.29) is 0 Å². The van der Waals surface area contributed by atoms with Gasteiger partial charge in [-0.05, 0) is 39.7 Å². The fourth-order valence-corrected chi connectivity index (χ4v) is 2.42. The molecule has 0 aliphatic carbocycles. The minimum Gasteiger partial charge on any atom is -0.265 e. The molecule has 0 saturated heterocycles. The van der Waals surface area contributed by atoms with Crippen molar-refractivity contribution in [1.29, 1.82) is 0 Å². The lowest BCUT2D eigenvalue weighted by Gasteiger charge is -1.92. The van der Waals surface area contributed by atoms with Gasteiger partial charge in [-0.2, -0.15) is 0 Å². The van der Waals surface area contributed by atoms with E-state index in [1.54, 1.807) is 11.3 Å². The zero-order chi connectivity index (χ0) is 8.39. The molecular weight excluding hydrogens is 234 g/mol. The summed E-state index contributed by atoms with van der Waals surface area (Å²) in [6.45, 7) is 0. The van der Waals surface area contributed by atoms with Gasteiger partial charge < -0.3 is 0 Å². The molecule has 2 aromatic heterocycles. The average Bonchev–Trinajstić information content (AvgIpc) is 2.54.